The molecule has 7 heteroatoms. The molecule has 3 rings (SSSR count). The minimum absolute atomic E-state index is 0.134. The van der Waals surface area contributed by atoms with Crippen LogP contribution in [0.4, 0.5) is 4.79 Å². The SMILES string of the molecule is CC(C)(C)OC(=O)N[C@@H](Cc1cn(NCc2ccccc2)c2ccccc12)C(=O)O. The first-order valence-corrected chi connectivity index (χ1v) is 9.82. The molecule has 2 aromatic carbocycles. The monoisotopic (exact) mass is 409 g/mol. The second-order valence-corrected chi connectivity index (χ2v) is 8.10. The Bertz CT molecular complexity index is 1020. The Labute approximate surface area is 175 Å². The van der Waals surface area contributed by atoms with Crippen LogP contribution in [0.1, 0.15) is 31.9 Å². The van der Waals surface area contributed by atoms with Crippen LogP contribution in [0.15, 0.2) is 60.8 Å². The largest absolute Gasteiger partial charge is 0.480 e. The van der Waals surface area contributed by atoms with Crippen molar-refractivity contribution in [3.63, 3.8) is 0 Å². The van der Waals surface area contributed by atoms with Crippen LogP contribution in [0.3, 0.4) is 0 Å². The Hall–Kier alpha value is -3.48. The summed E-state index contributed by atoms with van der Waals surface area (Å²) in [5, 5.41) is 13.0. The molecule has 1 aromatic heterocycles. The molecule has 0 fully saturated rings. The molecule has 0 radical (unpaired) electrons. The van der Waals surface area contributed by atoms with Gasteiger partial charge in [-0.2, -0.15) is 0 Å². The van der Waals surface area contributed by atoms with Gasteiger partial charge in [0.05, 0.1) is 12.1 Å². The summed E-state index contributed by atoms with van der Waals surface area (Å²) in [5.41, 5.74) is 5.53. The summed E-state index contributed by atoms with van der Waals surface area (Å²) in [7, 11) is 0. The van der Waals surface area contributed by atoms with Crippen molar-refractivity contribution < 1.29 is 19.4 Å². The van der Waals surface area contributed by atoms with E-state index in [4.69, 9.17) is 4.74 Å². The van der Waals surface area contributed by atoms with Crippen LogP contribution in [-0.2, 0) is 22.5 Å². The van der Waals surface area contributed by atoms with Crippen molar-refractivity contribution in [3.05, 3.63) is 71.9 Å². The number of para-hydroxylation sites is 1. The Balaban J connectivity index is 1.80. The second kappa shape index (κ2) is 8.90. The number of carbonyl (C=O) groups excluding carboxylic acids is 1. The number of hydrogen-bond donors (Lipinski definition) is 3. The molecule has 0 spiro atoms. The molecular formula is C23H27N3O4. The number of alkyl carbamates (subject to hydrolysis) is 1. The zero-order valence-electron chi connectivity index (χ0n) is 17.4. The first kappa shape index (κ1) is 21.2. The molecule has 0 bridgehead atoms. The third-order valence-corrected chi connectivity index (χ3v) is 4.50. The summed E-state index contributed by atoms with van der Waals surface area (Å²) in [6.45, 7) is 5.81. The van der Waals surface area contributed by atoms with E-state index in [-0.39, 0.29) is 6.42 Å². The lowest BCUT2D eigenvalue weighted by atomic mass is 10.1. The van der Waals surface area contributed by atoms with E-state index < -0.39 is 23.7 Å². The van der Waals surface area contributed by atoms with Crippen molar-refractivity contribution in [2.24, 2.45) is 0 Å². The lowest BCUT2D eigenvalue weighted by Gasteiger charge is -2.22. The zero-order valence-corrected chi connectivity index (χ0v) is 17.4. The Morgan fingerprint density at radius 1 is 1.07 bits per heavy atom. The number of carbonyl (C=O) groups is 2. The maximum Gasteiger partial charge on any atom is 0.408 e. The van der Waals surface area contributed by atoms with Crippen LogP contribution in [0, 0.1) is 0 Å². The minimum atomic E-state index is -1.12. The Kier molecular flexibility index (Phi) is 6.30. The van der Waals surface area contributed by atoms with E-state index in [0.717, 1.165) is 22.0 Å². The van der Waals surface area contributed by atoms with Gasteiger partial charge in [0.15, 0.2) is 0 Å². The van der Waals surface area contributed by atoms with E-state index in [9.17, 15) is 14.7 Å². The summed E-state index contributed by atoms with van der Waals surface area (Å²) in [6, 6.07) is 16.6. The molecule has 7 nitrogen and oxygen atoms in total. The number of carboxylic acid groups (broad SMARTS) is 1. The van der Waals surface area contributed by atoms with Crippen molar-refractivity contribution >= 4 is 23.0 Å². The van der Waals surface area contributed by atoms with Crippen molar-refractivity contribution in [2.45, 2.75) is 45.4 Å². The standard InChI is InChI=1S/C23H27N3O4/c1-23(2,3)30-22(29)25-19(21(27)28)13-17-15-26(20-12-8-7-11-18(17)20)24-14-16-9-5-4-6-10-16/h4-12,15,19,24H,13-14H2,1-3H3,(H,25,29)(H,27,28)/t19-/m0/s1. The third kappa shape index (κ3) is 5.53. The van der Waals surface area contributed by atoms with E-state index in [0.29, 0.717) is 6.54 Å². The number of rotatable bonds is 7. The Morgan fingerprint density at radius 3 is 2.40 bits per heavy atom. The summed E-state index contributed by atoms with van der Waals surface area (Å²) >= 11 is 0. The van der Waals surface area contributed by atoms with Crippen molar-refractivity contribution in [3.8, 4) is 0 Å². The second-order valence-electron chi connectivity index (χ2n) is 8.10. The van der Waals surface area contributed by atoms with Crippen LogP contribution >= 0.6 is 0 Å². The van der Waals surface area contributed by atoms with E-state index >= 15 is 0 Å². The molecule has 1 amide bonds. The first-order chi connectivity index (χ1) is 14.2. The van der Waals surface area contributed by atoms with Gasteiger partial charge >= 0.3 is 12.1 Å². The highest BCUT2D eigenvalue weighted by molar-refractivity contribution is 5.86. The number of nitrogens with one attached hydrogen (secondary N) is 2. The number of nitrogens with zero attached hydrogens (tertiary/aromatic N) is 1. The topological polar surface area (TPSA) is 92.6 Å². The molecule has 0 saturated heterocycles. The lowest BCUT2D eigenvalue weighted by molar-refractivity contribution is -0.139. The lowest BCUT2D eigenvalue weighted by Crippen LogP contribution is -2.44. The fourth-order valence-electron chi connectivity index (χ4n) is 3.19. The van der Waals surface area contributed by atoms with E-state index in [1.807, 2.05) is 65.5 Å². The predicted octanol–water partition coefficient (Wildman–Crippen LogP) is 3.91. The van der Waals surface area contributed by atoms with Gasteiger partial charge in [-0.05, 0) is 38.0 Å². The number of amides is 1. The van der Waals surface area contributed by atoms with Gasteiger partial charge < -0.3 is 20.6 Å². The number of aliphatic carboxylic acids is 1. The molecule has 3 aromatic rings. The van der Waals surface area contributed by atoms with Crippen molar-refractivity contribution in [1.82, 2.24) is 9.99 Å². The van der Waals surface area contributed by atoms with Gasteiger partial charge in [-0.3, -0.25) is 4.68 Å². The smallest absolute Gasteiger partial charge is 0.408 e. The number of aromatic nitrogens is 1. The van der Waals surface area contributed by atoms with Crippen molar-refractivity contribution in [1.29, 1.82) is 0 Å². The van der Waals surface area contributed by atoms with Gasteiger partial charge in [0, 0.05) is 18.0 Å². The maximum absolute atomic E-state index is 12.1. The number of ether oxygens (including phenoxy) is 1. The van der Waals surface area contributed by atoms with Gasteiger partial charge in [0.25, 0.3) is 0 Å². The molecule has 0 aliphatic heterocycles. The van der Waals surface area contributed by atoms with Crippen LogP contribution in [0.5, 0.6) is 0 Å². The molecule has 0 unspecified atom stereocenters. The number of fused-ring (bicyclic) bond motifs is 1. The highest BCUT2D eigenvalue weighted by Gasteiger charge is 2.25. The molecule has 1 heterocycles. The van der Waals surface area contributed by atoms with Gasteiger partial charge in [0.2, 0.25) is 0 Å². The number of carboxylic acids is 1. The fraction of sp³-hybridized carbons (Fsp3) is 0.304. The molecule has 0 saturated carbocycles. The summed E-state index contributed by atoms with van der Waals surface area (Å²) < 4.78 is 7.10. The summed E-state index contributed by atoms with van der Waals surface area (Å²) in [5.74, 6) is -1.12. The van der Waals surface area contributed by atoms with Gasteiger partial charge in [-0.25, -0.2) is 9.59 Å². The summed E-state index contributed by atoms with van der Waals surface area (Å²) in [6.07, 6.45) is 1.26. The number of benzene rings is 2. The van der Waals surface area contributed by atoms with Gasteiger partial charge in [-0.1, -0.05) is 48.5 Å². The molecule has 0 aliphatic carbocycles. The van der Waals surface area contributed by atoms with E-state index in [1.54, 1.807) is 20.8 Å². The van der Waals surface area contributed by atoms with Crippen molar-refractivity contribution in [2.75, 3.05) is 5.43 Å². The molecule has 3 N–H and O–H groups in total. The fourth-order valence-corrected chi connectivity index (χ4v) is 3.19. The van der Waals surface area contributed by atoms with Crippen LogP contribution in [0.2, 0.25) is 0 Å². The van der Waals surface area contributed by atoms with Gasteiger partial charge in [0.1, 0.15) is 11.6 Å². The van der Waals surface area contributed by atoms with Crippen LogP contribution in [0.25, 0.3) is 10.9 Å². The maximum atomic E-state index is 12.1. The summed E-state index contributed by atoms with van der Waals surface area (Å²) in [4.78, 5) is 23.8. The molecular weight excluding hydrogens is 382 g/mol. The average Bonchev–Trinajstić information content (AvgIpc) is 3.03. The first-order valence-electron chi connectivity index (χ1n) is 9.82. The molecule has 158 valence electrons. The Morgan fingerprint density at radius 2 is 1.73 bits per heavy atom. The third-order valence-electron chi connectivity index (χ3n) is 4.50. The van der Waals surface area contributed by atoms with Crippen LogP contribution in [-0.4, -0.2) is 33.5 Å². The van der Waals surface area contributed by atoms with Crippen LogP contribution < -0.4 is 10.7 Å². The minimum Gasteiger partial charge on any atom is -0.480 e. The predicted molar refractivity (Wildman–Crippen MR) is 116 cm³/mol. The highest BCUT2D eigenvalue weighted by Crippen LogP contribution is 2.22. The highest BCUT2D eigenvalue weighted by atomic mass is 16.6. The average molecular weight is 409 g/mol. The zero-order chi connectivity index (χ0) is 21.7. The number of hydrogen-bond acceptors (Lipinski definition) is 4. The van der Waals surface area contributed by atoms with E-state index in [1.165, 1.54) is 0 Å². The van der Waals surface area contributed by atoms with Gasteiger partial charge in [-0.15, -0.1) is 0 Å². The van der Waals surface area contributed by atoms with E-state index in [2.05, 4.69) is 10.7 Å². The quantitative estimate of drug-likeness (QED) is 0.550. The molecule has 1 atom stereocenters. The molecule has 30 heavy (non-hydrogen) atoms. The normalized spacial score (nSPS) is 12.4. The molecule has 0 aliphatic rings.